The molecule has 1 aromatic rings. The molecule has 20 heavy (non-hydrogen) atoms. The number of ether oxygens (including phenoxy) is 1. The monoisotopic (exact) mass is 298 g/mol. The summed E-state index contributed by atoms with van der Waals surface area (Å²) in [7, 11) is -3.62. The molecule has 1 unspecified atom stereocenters. The zero-order valence-corrected chi connectivity index (χ0v) is 13.0. The molecule has 0 aliphatic carbocycles. The van der Waals surface area contributed by atoms with Crippen molar-refractivity contribution in [3.8, 4) is 0 Å². The van der Waals surface area contributed by atoms with Crippen LogP contribution in [0.5, 0.6) is 0 Å². The topological polar surface area (TPSA) is 81.4 Å². The van der Waals surface area contributed by atoms with Gasteiger partial charge in [0.25, 0.3) is 0 Å². The van der Waals surface area contributed by atoms with Gasteiger partial charge in [-0.05, 0) is 44.7 Å². The molecule has 6 heteroatoms. The summed E-state index contributed by atoms with van der Waals surface area (Å²) in [5.74, 6) is 0. The fourth-order valence-electron chi connectivity index (χ4n) is 2.46. The van der Waals surface area contributed by atoms with E-state index in [1.165, 1.54) is 0 Å². The molecule has 0 amide bonds. The summed E-state index contributed by atoms with van der Waals surface area (Å²) >= 11 is 0. The van der Waals surface area contributed by atoms with E-state index in [2.05, 4.69) is 4.72 Å². The van der Waals surface area contributed by atoms with E-state index >= 15 is 0 Å². The smallest absolute Gasteiger partial charge is 0.242 e. The molecule has 2 rings (SSSR count). The van der Waals surface area contributed by atoms with Crippen molar-refractivity contribution in [2.24, 2.45) is 0 Å². The van der Waals surface area contributed by atoms with E-state index in [1.54, 1.807) is 19.9 Å². The predicted molar refractivity (Wildman–Crippen MR) is 79.1 cm³/mol. The van der Waals surface area contributed by atoms with Crippen molar-refractivity contribution >= 4 is 15.7 Å². The average Bonchev–Trinajstić information content (AvgIpc) is 2.80. The Hall–Kier alpha value is -1.11. The van der Waals surface area contributed by atoms with Gasteiger partial charge in [-0.3, -0.25) is 0 Å². The molecule has 0 saturated carbocycles. The van der Waals surface area contributed by atoms with Gasteiger partial charge < -0.3 is 10.5 Å². The molecule has 0 radical (unpaired) electrons. The highest BCUT2D eigenvalue weighted by Gasteiger charge is 2.32. The maximum atomic E-state index is 12.5. The Balaban J connectivity index is 2.25. The molecule has 1 heterocycles. The van der Waals surface area contributed by atoms with Crippen LogP contribution in [-0.2, 0) is 14.8 Å². The highest BCUT2D eigenvalue weighted by atomic mass is 32.2. The van der Waals surface area contributed by atoms with Gasteiger partial charge in [-0.1, -0.05) is 12.1 Å². The standard InChI is InChI=1S/C14H22N2O3S/c1-10-5-6-11(2)13(12(10)15)20(17,18)16-9-14(3)7-4-8-19-14/h5-6,16H,4,7-9,15H2,1-3H3. The molecule has 0 aromatic heterocycles. The van der Waals surface area contributed by atoms with Gasteiger partial charge >= 0.3 is 0 Å². The van der Waals surface area contributed by atoms with Gasteiger partial charge in [0, 0.05) is 13.2 Å². The van der Waals surface area contributed by atoms with Crippen molar-refractivity contribution in [1.82, 2.24) is 4.72 Å². The third kappa shape index (κ3) is 2.97. The van der Waals surface area contributed by atoms with Crippen molar-refractivity contribution < 1.29 is 13.2 Å². The second kappa shape index (κ2) is 5.35. The molecule has 0 bridgehead atoms. The lowest BCUT2D eigenvalue weighted by Crippen LogP contribution is -2.40. The maximum absolute atomic E-state index is 12.5. The normalized spacial score (nSPS) is 23.1. The number of nitrogens with two attached hydrogens (primary N) is 1. The number of sulfonamides is 1. The van der Waals surface area contributed by atoms with E-state index in [4.69, 9.17) is 10.5 Å². The van der Waals surface area contributed by atoms with E-state index in [0.29, 0.717) is 17.9 Å². The van der Waals surface area contributed by atoms with E-state index in [9.17, 15) is 8.42 Å². The van der Waals surface area contributed by atoms with Crippen LogP contribution in [0, 0.1) is 13.8 Å². The second-order valence-electron chi connectivity index (χ2n) is 5.67. The van der Waals surface area contributed by atoms with Gasteiger partial charge in [-0.2, -0.15) is 0 Å². The number of benzene rings is 1. The van der Waals surface area contributed by atoms with Crippen LogP contribution in [-0.4, -0.2) is 27.2 Å². The number of hydrogen-bond donors (Lipinski definition) is 2. The summed E-state index contributed by atoms with van der Waals surface area (Å²) in [5, 5.41) is 0. The maximum Gasteiger partial charge on any atom is 0.242 e. The van der Waals surface area contributed by atoms with Crippen LogP contribution in [0.25, 0.3) is 0 Å². The lowest BCUT2D eigenvalue weighted by molar-refractivity contribution is 0.0250. The Labute approximate surface area is 120 Å². The predicted octanol–water partition coefficient (Wildman–Crippen LogP) is 1.73. The van der Waals surface area contributed by atoms with Crippen molar-refractivity contribution in [3.05, 3.63) is 23.3 Å². The lowest BCUT2D eigenvalue weighted by atomic mass is 10.0. The SMILES string of the molecule is Cc1ccc(C)c(S(=O)(=O)NCC2(C)CCCO2)c1N. The Morgan fingerprint density at radius 2 is 2.00 bits per heavy atom. The summed E-state index contributed by atoms with van der Waals surface area (Å²) < 4.78 is 33.2. The number of hydrogen-bond acceptors (Lipinski definition) is 4. The molecule has 5 nitrogen and oxygen atoms in total. The minimum absolute atomic E-state index is 0.180. The molecule has 1 aliphatic heterocycles. The fraction of sp³-hybridized carbons (Fsp3) is 0.571. The van der Waals surface area contributed by atoms with Gasteiger partial charge in [0.05, 0.1) is 11.3 Å². The molecule has 1 aliphatic rings. The van der Waals surface area contributed by atoms with E-state index in [1.807, 2.05) is 13.0 Å². The second-order valence-corrected chi connectivity index (χ2v) is 7.37. The molecular weight excluding hydrogens is 276 g/mol. The van der Waals surface area contributed by atoms with Crippen molar-refractivity contribution in [2.75, 3.05) is 18.9 Å². The van der Waals surface area contributed by atoms with Crippen LogP contribution in [0.4, 0.5) is 5.69 Å². The first-order chi connectivity index (χ1) is 9.25. The zero-order chi connectivity index (χ0) is 15.0. The number of rotatable bonds is 4. The molecule has 112 valence electrons. The number of anilines is 1. The largest absolute Gasteiger partial charge is 0.397 e. The number of nitrogen functional groups attached to an aromatic ring is 1. The summed E-state index contributed by atoms with van der Waals surface area (Å²) in [4.78, 5) is 0.180. The molecule has 3 N–H and O–H groups in total. The van der Waals surface area contributed by atoms with Crippen molar-refractivity contribution in [1.29, 1.82) is 0 Å². The first-order valence-corrected chi connectivity index (χ1v) is 8.23. The Morgan fingerprint density at radius 1 is 1.35 bits per heavy atom. The van der Waals surface area contributed by atoms with Crippen molar-refractivity contribution in [3.63, 3.8) is 0 Å². The summed E-state index contributed by atoms with van der Waals surface area (Å²) in [6, 6.07) is 3.60. The third-order valence-electron chi connectivity index (χ3n) is 3.82. The van der Waals surface area contributed by atoms with Gasteiger partial charge in [-0.15, -0.1) is 0 Å². The third-order valence-corrected chi connectivity index (χ3v) is 5.42. The zero-order valence-electron chi connectivity index (χ0n) is 12.2. The van der Waals surface area contributed by atoms with Gasteiger partial charge in [0.15, 0.2) is 0 Å². The quantitative estimate of drug-likeness (QED) is 0.830. The minimum Gasteiger partial charge on any atom is -0.397 e. The average molecular weight is 298 g/mol. The lowest BCUT2D eigenvalue weighted by Gasteiger charge is -2.24. The summed E-state index contributed by atoms with van der Waals surface area (Å²) in [6.07, 6.45) is 1.82. The van der Waals surface area contributed by atoms with Gasteiger partial charge in [0.2, 0.25) is 10.0 Å². The Morgan fingerprint density at radius 3 is 2.60 bits per heavy atom. The number of nitrogens with one attached hydrogen (secondary N) is 1. The first-order valence-electron chi connectivity index (χ1n) is 6.74. The van der Waals surface area contributed by atoms with Gasteiger partial charge in [-0.25, -0.2) is 13.1 Å². The van der Waals surface area contributed by atoms with Crippen LogP contribution >= 0.6 is 0 Å². The Bertz CT molecular complexity index is 605. The molecular formula is C14H22N2O3S. The highest BCUT2D eigenvalue weighted by Crippen LogP contribution is 2.28. The molecule has 0 spiro atoms. The van der Waals surface area contributed by atoms with Crippen molar-refractivity contribution in [2.45, 2.75) is 44.1 Å². The molecule has 1 fully saturated rings. The summed E-state index contributed by atoms with van der Waals surface area (Å²) in [6.45, 7) is 6.42. The molecule has 1 atom stereocenters. The van der Waals surface area contributed by atoms with Crippen LogP contribution in [0.15, 0.2) is 17.0 Å². The van der Waals surface area contributed by atoms with Crippen LogP contribution in [0.3, 0.4) is 0 Å². The Kier molecular flexibility index (Phi) is 4.09. The molecule has 1 saturated heterocycles. The van der Waals surface area contributed by atoms with E-state index < -0.39 is 15.6 Å². The van der Waals surface area contributed by atoms with Crippen LogP contribution < -0.4 is 10.5 Å². The molecule has 1 aromatic carbocycles. The minimum atomic E-state index is -3.62. The van der Waals surface area contributed by atoms with E-state index in [0.717, 1.165) is 18.4 Å². The summed E-state index contributed by atoms with van der Waals surface area (Å²) in [5.41, 5.74) is 7.25. The van der Waals surface area contributed by atoms with Crippen LogP contribution in [0.1, 0.15) is 30.9 Å². The fourth-order valence-corrected chi connectivity index (χ4v) is 4.04. The highest BCUT2D eigenvalue weighted by molar-refractivity contribution is 7.89. The van der Waals surface area contributed by atoms with E-state index in [-0.39, 0.29) is 11.4 Å². The first kappa shape index (κ1) is 15.3. The van der Waals surface area contributed by atoms with Crippen LogP contribution in [0.2, 0.25) is 0 Å². The van der Waals surface area contributed by atoms with Gasteiger partial charge in [0.1, 0.15) is 4.90 Å². The number of aryl methyl sites for hydroxylation is 2.